The van der Waals surface area contributed by atoms with Crippen LogP contribution >= 0.6 is 0 Å². The number of fused-ring (bicyclic) bond motifs is 1. The molecule has 1 saturated carbocycles. The van der Waals surface area contributed by atoms with Crippen molar-refractivity contribution in [2.24, 2.45) is 5.73 Å². The Labute approximate surface area is 110 Å². The smallest absolute Gasteiger partial charge is 0.303 e. The summed E-state index contributed by atoms with van der Waals surface area (Å²) in [7, 11) is 0. The van der Waals surface area contributed by atoms with Gasteiger partial charge in [-0.2, -0.15) is 0 Å². The van der Waals surface area contributed by atoms with Crippen molar-refractivity contribution in [3.05, 3.63) is 29.7 Å². The summed E-state index contributed by atoms with van der Waals surface area (Å²) in [6.45, 7) is 0. The fourth-order valence-electron chi connectivity index (χ4n) is 2.14. The van der Waals surface area contributed by atoms with Gasteiger partial charge in [0.05, 0.1) is 0 Å². The molecule has 1 aromatic carbocycles. The average molecular weight is 260 g/mol. The first kappa shape index (κ1) is 12.2. The molecular formula is C14H16N2O3. The Morgan fingerprint density at radius 2 is 2.32 bits per heavy atom. The molecule has 3 N–H and O–H groups in total. The minimum absolute atomic E-state index is 0.0747. The van der Waals surface area contributed by atoms with E-state index in [4.69, 9.17) is 15.3 Å². The number of oxazole rings is 1. The number of carboxylic acid groups (broad SMARTS) is 1. The number of benzene rings is 1. The van der Waals surface area contributed by atoms with E-state index >= 15 is 0 Å². The third-order valence-corrected chi connectivity index (χ3v) is 3.45. The lowest BCUT2D eigenvalue weighted by Gasteiger charge is -2.09. The normalized spacial score (nSPS) is 16.7. The summed E-state index contributed by atoms with van der Waals surface area (Å²) in [4.78, 5) is 15.0. The van der Waals surface area contributed by atoms with Crippen molar-refractivity contribution in [2.45, 2.75) is 37.6 Å². The van der Waals surface area contributed by atoms with Crippen molar-refractivity contribution in [1.29, 1.82) is 0 Å². The highest BCUT2D eigenvalue weighted by molar-refractivity contribution is 5.74. The number of aromatic nitrogens is 1. The van der Waals surface area contributed by atoms with Gasteiger partial charge in [-0.1, -0.05) is 6.07 Å². The average Bonchev–Trinajstić information content (AvgIpc) is 3.15. The van der Waals surface area contributed by atoms with Crippen molar-refractivity contribution in [1.82, 2.24) is 4.98 Å². The largest absolute Gasteiger partial charge is 0.481 e. The van der Waals surface area contributed by atoms with Crippen molar-refractivity contribution in [3.8, 4) is 0 Å². The Morgan fingerprint density at radius 1 is 1.53 bits per heavy atom. The maximum absolute atomic E-state index is 10.5. The zero-order valence-corrected chi connectivity index (χ0v) is 10.5. The number of nitrogens with zero attached hydrogens (tertiary/aromatic N) is 1. The molecule has 0 radical (unpaired) electrons. The zero-order chi connectivity index (χ0) is 13.4. The van der Waals surface area contributed by atoms with Crippen LogP contribution in [0.5, 0.6) is 0 Å². The first-order chi connectivity index (χ1) is 9.13. The Morgan fingerprint density at radius 3 is 3.00 bits per heavy atom. The highest BCUT2D eigenvalue weighted by Gasteiger charge is 2.28. The molecule has 0 amide bonds. The molecule has 2 aromatic rings. The van der Waals surface area contributed by atoms with Crippen LogP contribution in [0.1, 0.15) is 49.1 Å². The lowest BCUT2D eigenvalue weighted by atomic mass is 10.0. The quantitative estimate of drug-likeness (QED) is 0.862. The molecule has 1 fully saturated rings. The standard InChI is InChI=1S/C14H16N2O3/c15-10(4-6-13(17)18)9-3-5-12-11(7-9)16-14(19-12)8-1-2-8/h3,5,7-8,10H,1-2,4,6,15H2,(H,17,18). The number of rotatable bonds is 5. The van der Waals surface area contributed by atoms with Gasteiger partial charge in [-0.25, -0.2) is 4.98 Å². The van der Waals surface area contributed by atoms with Crippen LogP contribution in [0.15, 0.2) is 22.6 Å². The monoisotopic (exact) mass is 260 g/mol. The predicted molar refractivity (Wildman–Crippen MR) is 69.8 cm³/mol. The molecule has 0 saturated heterocycles. The molecule has 1 aliphatic carbocycles. The fourth-order valence-corrected chi connectivity index (χ4v) is 2.14. The number of carbonyl (C=O) groups is 1. The molecule has 0 aliphatic heterocycles. The van der Waals surface area contributed by atoms with Crippen LogP contribution in [0.4, 0.5) is 0 Å². The van der Waals surface area contributed by atoms with Gasteiger partial charge in [-0.3, -0.25) is 4.79 Å². The van der Waals surface area contributed by atoms with Gasteiger partial charge in [-0.15, -0.1) is 0 Å². The minimum Gasteiger partial charge on any atom is -0.481 e. The van der Waals surface area contributed by atoms with Crippen LogP contribution < -0.4 is 5.73 Å². The number of nitrogens with two attached hydrogens (primary N) is 1. The maximum Gasteiger partial charge on any atom is 0.303 e. The topological polar surface area (TPSA) is 89.4 Å². The molecule has 0 bridgehead atoms. The Balaban J connectivity index is 1.81. The highest BCUT2D eigenvalue weighted by Crippen LogP contribution is 2.40. The van der Waals surface area contributed by atoms with Crippen molar-refractivity contribution < 1.29 is 14.3 Å². The summed E-state index contributed by atoms with van der Waals surface area (Å²) in [6, 6.07) is 5.37. The fraction of sp³-hybridized carbons (Fsp3) is 0.429. The summed E-state index contributed by atoms with van der Waals surface area (Å²) in [6.07, 6.45) is 2.80. The number of aliphatic carboxylic acids is 1. The van der Waals surface area contributed by atoms with Gasteiger partial charge in [0.2, 0.25) is 0 Å². The van der Waals surface area contributed by atoms with E-state index < -0.39 is 5.97 Å². The number of hydrogen-bond acceptors (Lipinski definition) is 4. The molecule has 1 unspecified atom stereocenters. The number of carboxylic acids is 1. The van der Waals surface area contributed by atoms with Gasteiger partial charge in [0.15, 0.2) is 11.5 Å². The molecule has 19 heavy (non-hydrogen) atoms. The zero-order valence-electron chi connectivity index (χ0n) is 10.5. The van der Waals surface area contributed by atoms with Crippen molar-refractivity contribution in [2.75, 3.05) is 0 Å². The van der Waals surface area contributed by atoms with Crippen LogP contribution in [0, 0.1) is 0 Å². The van der Waals surface area contributed by atoms with Crippen LogP contribution in [0.2, 0.25) is 0 Å². The van der Waals surface area contributed by atoms with E-state index in [0.29, 0.717) is 12.3 Å². The summed E-state index contributed by atoms with van der Waals surface area (Å²) in [5.41, 5.74) is 8.48. The van der Waals surface area contributed by atoms with E-state index in [1.165, 1.54) is 0 Å². The molecule has 1 aliphatic rings. The first-order valence-corrected chi connectivity index (χ1v) is 6.51. The van der Waals surface area contributed by atoms with Crippen LogP contribution in [0.25, 0.3) is 11.1 Å². The SMILES string of the molecule is NC(CCC(=O)O)c1ccc2oc(C3CC3)nc2c1. The van der Waals surface area contributed by atoms with Crippen LogP contribution in [-0.4, -0.2) is 16.1 Å². The second kappa shape index (κ2) is 4.66. The highest BCUT2D eigenvalue weighted by atomic mass is 16.4. The van der Waals surface area contributed by atoms with Crippen LogP contribution in [0.3, 0.4) is 0 Å². The van der Waals surface area contributed by atoms with E-state index in [2.05, 4.69) is 4.98 Å². The molecular weight excluding hydrogens is 244 g/mol. The van der Waals surface area contributed by atoms with Gasteiger partial charge >= 0.3 is 5.97 Å². The van der Waals surface area contributed by atoms with E-state index in [0.717, 1.165) is 35.4 Å². The summed E-state index contributed by atoms with van der Waals surface area (Å²) < 4.78 is 5.68. The third-order valence-electron chi connectivity index (χ3n) is 3.45. The maximum atomic E-state index is 10.5. The lowest BCUT2D eigenvalue weighted by molar-refractivity contribution is -0.137. The second-order valence-electron chi connectivity index (χ2n) is 5.09. The molecule has 5 heteroatoms. The van der Waals surface area contributed by atoms with E-state index in [1.54, 1.807) is 0 Å². The third kappa shape index (κ3) is 2.61. The number of hydrogen-bond donors (Lipinski definition) is 2. The molecule has 100 valence electrons. The van der Waals surface area contributed by atoms with Crippen LogP contribution in [-0.2, 0) is 4.79 Å². The molecule has 1 heterocycles. The predicted octanol–water partition coefficient (Wildman–Crippen LogP) is 2.57. The summed E-state index contributed by atoms with van der Waals surface area (Å²) in [5, 5.41) is 8.67. The van der Waals surface area contributed by atoms with E-state index in [-0.39, 0.29) is 12.5 Å². The van der Waals surface area contributed by atoms with Crippen molar-refractivity contribution >= 4 is 17.1 Å². The van der Waals surface area contributed by atoms with Crippen molar-refractivity contribution in [3.63, 3.8) is 0 Å². The molecule has 3 rings (SSSR count). The van der Waals surface area contributed by atoms with E-state index in [1.807, 2.05) is 18.2 Å². The summed E-state index contributed by atoms with van der Waals surface area (Å²) in [5.74, 6) is 0.469. The Hall–Kier alpha value is -1.88. The van der Waals surface area contributed by atoms with E-state index in [9.17, 15) is 4.79 Å². The molecule has 0 spiro atoms. The minimum atomic E-state index is -0.825. The van der Waals surface area contributed by atoms with Gasteiger partial charge in [-0.05, 0) is 37.0 Å². The second-order valence-corrected chi connectivity index (χ2v) is 5.09. The van der Waals surface area contributed by atoms with Gasteiger partial charge in [0, 0.05) is 18.4 Å². The first-order valence-electron chi connectivity index (χ1n) is 6.51. The molecule has 1 aromatic heterocycles. The summed E-state index contributed by atoms with van der Waals surface area (Å²) >= 11 is 0. The lowest BCUT2D eigenvalue weighted by Crippen LogP contribution is -2.12. The van der Waals surface area contributed by atoms with Gasteiger partial charge in [0.1, 0.15) is 5.52 Å². The Kier molecular flexibility index (Phi) is 2.98. The van der Waals surface area contributed by atoms with Gasteiger partial charge in [0.25, 0.3) is 0 Å². The Bertz CT molecular complexity index is 616. The molecule has 1 atom stereocenters. The van der Waals surface area contributed by atoms with Gasteiger partial charge < -0.3 is 15.3 Å². The molecule has 5 nitrogen and oxygen atoms in total.